The van der Waals surface area contributed by atoms with Crippen LogP contribution in [0.25, 0.3) is 33.9 Å². The molecule has 0 spiro atoms. The van der Waals surface area contributed by atoms with Crippen molar-refractivity contribution in [2.45, 2.75) is 25.7 Å². The SMILES string of the molecule is COc1ccc(-c2[nH]n(-c3ccccc3)c(=O)c2CCc2ccc(F)cc2)cc1.COc1ccc(-c2nn(-c3ccccc3)c(OC)c2CCc2ccc(F)cc2)cc1. The number of para-hydroxylation sites is 2. The van der Waals surface area contributed by atoms with Crippen molar-refractivity contribution >= 4 is 0 Å². The minimum Gasteiger partial charge on any atom is -0.497 e. The fourth-order valence-electron chi connectivity index (χ4n) is 6.89. The number of H-pyrrole nitrogens is 1. The van der Waals surface area contributed by atoms with Gasteiger partial charge in [-0.2, -0.15) is 5.10 Å². The zero-order valence-electron chi connectivity index (χ0n) is 33.1. The van der Waals surface area contributed by atoms with Gasteiger partial charge in [-0.25, -0.2) is 18.1 Å². The Morgan fingerprint density at radius 2 is 1.00 bits per heavy atom. The van der Waals surface area contributed by atoms with E-state index < -0.39 is 0 Å². The topological polar surface area (TPSA) is 83.3 Å². The van der Waals surface area contributed by atoms with Crippen molar-refractivity contribution in [3.63, 3.8) is 0 Å². The van der Waals surface area contributed by atoms with E-state index in [1.165, 1.54) is 24.3 Å². The highest BCUT2D eigenvalue weighted by atomic mass is 19.1. The maximum atomic E-state index is 13.3. The zero-order chi connectivity index (χ0) is 41.1. The Balaban J connectivity index is 0.000000179. The van der Waals surface area contributed by atoms with Crippen LogP contribution in [0.2, 0.25) is 0 Å². The van der Waals surface area contributed by atoms with Crippen LogP contribution in [0.4, 0.5) is 8.78 Å². The van der Waals surface area contributed by atoms with E-state index in [0.29, 0.717) is 30.7 Å². The molecular formula is C49H44F2N4O4. The Morgan fingerprint density at radius 1 is 0.525 bits per heavy atom. The quantitative estimate of drug-likeness (QED) is 0.126. The van der Waals surface area contributed by atoms with E-state index in [0.717, 1.165) is 68.5 Å². The van der Waals surface area contributed by atoms with Gasteiger partial charge in [0.25, 0.3) is 5.56 Å². The van der Waals surface area contributed by atoms with E-state index >= 15 is 0 Å². The first-order valence-corrected chi connectivity index (χ1v) is 19.2. The molecule has 0 bridgehead atoms. The van der Waals surface area contributed by atoms with Gasteiger partial charge in [0.15, 0.2) is 0 Å². The van der Waals surface area contributed by atoms with Crippen LogP contribution in [0.15, 0.2) is 163 Å². The van der Waals surface area contributed by atoms with Gasteiger partial charge < -0.3 is 14.2 Å². The molecule has 0 aliphatic carbocycles. The third-order valence-electron chi connectivity index (χ3n) is 10.0. The number of methoxy groups -OCH3 is 3. The Bertz CT molecular complexity index is 2620. The second-order valence-electron chi connectivity index (χ2n) is 13.7. The molecule has 0 saturated carbocycles. The molecule has 0 saturated heterocycles. The van der Waals surface area contributed by atoms with E-state index in [4.69, 9.17) is 19.3 Å². The fourth-order valence-corrected chi connectivity index (χ4v) is 6.89. The molecule has 0 aliphatic heterocycles. The van der Waals surface area contributed by atoms with Gasteiger partial charge in [0.1, 0.15) is 23.1 Å². The molecule has 10 heteroatoms. The van der Waals surface area contributed by atoms with Gasteiger partial charge >= 0.3 is 0 Å². The molecule has 6 aromatic carbocycles. The molecular weight excluding hydrogens is 747 g/mol. The van der Waals surface area contributed by atoms with Gasteiger partial charge in [-0.3, -0.25) is 9.89 Å². The second-order valence-corrected chi connectivity index (χ2v) is 13.7. The predicted octanol–water partition coefficient (Wildman–Crippen LogP) is 10.2. The molecule has 59 heavy (non-hydrogen) atoms. The van der Waals surface area contributed by atoms with E-state index in [1.807, 2.05) is 126 Å². The minimum absolute atomic E-state index is 0.0795. The number of nitrogens with zero attached hydrogens (tertiary/aromatic N) is 3. The van der Waals surface area contributed by atoms with Crippen molar-refractivity contribution in [3.05, 3.63) is 202 Å². The number of hydrogen-bond donors (Lipinski definition) is 1. The van der Waals surface area contributed by atoms with Gasteiger partial charge in [-0.05, 0) is 134 Å². The number of benzene rings is 6. The highest BCUT2D eigenvalue weighted by molar-refractivity contribution is 5.68. The smallest absolute Gasteiger partial charge is 0.275 e. The fraction of sp³-hybridized carbons (Fsp3) is 0.143. The van der Waals surface area contributed by atoms with Crippen molar-refractivity contribution < 1.29 is 23.0 Å². The van der Waals surface area contributed by atoms with Crippen LogP contribution in [0, 0.1) is 11.6 Å². The number of rotatable bonds is 13. The highest BCUT2D eigenvalue weighted by Gasteiger charge is 2.21. The largest absolute Gasteiger partial charge is 0.497 e. The van der Waals surface area contributed by atoms with Gasteiger partial charge in [0, 0.05) is 22.3 Å². The number of halogens is 2. The van der Waals surface area contributed by atoms with E-state index in [2.05, 4.69) is 5.10 Å². The molecule has 1 N–H and O–H groups in total. The standard InChI is InChI=1S/C25H23FN2O2.C24H21FN2O2/c1-29-22-15-11-19(12-16-22)24-23(17-10-18-8-13-20(26)14-9-18)25(30-2)28(27-24)21-6-4-3-5-7-21;1-29-21-14-10-18(11-15-21)23-22(16-9-17-7-12-19(25)13-8-17)24(28)27(26-23)20-5-3-2-4-6-20/h3-9,11-16H,10,17H2,1-2H3;2-8,10-15,26H,9,16H2,1H3. The lowest BCUT2D eigenvalue weighted by atomic mass is 10.0. The first-order chi connectivity index (χ1) is 28.8. The molecule has 0 aliphatic rings. The molecule has 8 aromatic rings. The summed E-state index contributed by atoms with van der Waals surface area (Å²) in [6, 6.07) is 47.9. The number of aryl methyl sites for hydroxylation is 2. The summed E-state index contributed by atoms with van der Waals surface area (Å²) in [5.74, 6) is 1.76. The normalized spacial score (nSPS) is 10.8. The van der Waals surface area contributed by atoms with Crippen LogP contribution in [-0.4, -0.2) is 40.9 Å². The Kier molecular flexibility index (Phi) is 12.8. The molecule has 298 valence electrons. The first-order valence-electron chi connectivity index (χ1n) is 19.2. The van der Waals surface area contributed by atoms with Gasteiger partial charge in [0.05, 0.1) is 44.1 Å². The van der Waals surface area contributed by atoms with Gasteiger partial charge in [0.2, 0.25) is 5.88 Å². The minimum atomic E-state index is -0.263. The Morgan fingerprint density at radius 3 is 1.49 bits per heavy atom. The van der Waals surface area contributed by atoms with Crippen LogP contribution in [-0.2, 0) is 25.7 Å². The lowest BCUT2D eigenvalue weighted by Gasteiger charge is -2.09. The highest BCUT2D eigenvalue weighted by Crippen LogP contribution is 2.34. The summed E-state index contributed by atoms with van der Waals surface area (Å²) in [4.78, 5) is 13.2. The maximum Gasteiger partial charge on any atom is 0.275 e. The van der Waals surface area contributed by atoms with Crippen LogP contribution in [0.3, 0.4) is 0 Å². The van der Waals surface area contributed by atoms with Gasteiger partial charge in [-0.1, -0.05) is 60.7 Å². The lowest BCUT2D eigenvalue weighted by molar-refractivity contribution is 0.379. The molecule has 0 atom stereocenters. The monoisotopic (exact) mass is 790 g/mol. The lowest BCUT2D eigenvalue weighted by Crippen LogP contribution is -2.17. The number of hydrogen-bond acceptors (Lipinski definition) is 5. The van der Waals surface area contributed by atoms with Crippen LogP contribution >= 0.6 is 0 Å². The molecule has 0 fully saturated rings. The van der Waals surface area contributed by atoms with Crippen molar-refractivity contribution in [1.29, 1.82) is 0 Å². The van der Waals surface area contributed by atoms with E-state index in [9.17, 15) is 13.6 Å². The molecule has 0 amide bonds. The van der Waals surface area contributed by atoms with E-state index in [-0.39, 0.29) is 17.2 Å². The number of nitrogens with one attached hydrogen (secondary N) is 1. The third-order valence-corrected chi connectivity index (χ3v) is 10.0. The predicted molar refractivity (Wildman–Crippen MR) is 228 cm³/mol. The summed E-state index contributed by atoms with van der Waals surface area (Å²) in [5.41, 5.74) is 8.92. The zero-order valence-corrected chi connectivity index (χ0v) is 33.1. The molecule has 2 aromatic heterocycles. The Labute approximate surface area is 341 Å². The molecule has 0 unspecified atom stereocenters. The summed E-state index contributed by atoms with van der Waals surface area (Å²) in [6.45, 7) is 0. The van der Waals surface area contributed by atoms with Crippen LogP contribution < -0.4 is 19.8 Å². The number of ether oxygens (including phenoxy) is 3. The third kappa shape index (κ3) is 9.51. The van der Waals surface area contributed by atoms with Crippen molar-refractivity contribution in [1.82, 2.24) is 19.6 Å². The molecule has 8 nitrogen and oxygen atoms in total. The van der Waals surface area contributed by atoms with Crippen molar-refractivity contribution in [2.75, 3.05) is 21.3 Å². The summed E-state index contributed by atoms with van der Waals surface area (Å²) in [7, 11) is 4.93. The summed E-state index contributed by atoms with van der Waals surface area (Å²) < 4.78 is 46.2. The summed E-state index contributed by atoms with van der Waals surface area (Å²) in [6.07, 6.45) is 2.65. The Hall–Kier alpha value is -7.20. The molecule has 2 heterocycles. The van der Waals surface area contributed by atoms with E-state index in [1.54, 1.807) is 38.1 Å². The first kappa shape index (κ1) is 40.0. The van der Waals surface area contributed by atoms with Crippen molar-refractivity contribution in [2.24, 2.45) is 0 Å². The summed E-state index contributed by atoms with van der Waals surface area (Å²) >= 11 is 0. The number of aromatic amines is 1. The maximum absolute atomic E-state index is 13.3. The van der Waals surface area contributed by atoms with Gasteiger partial charge in [-0.15, -0.1) is 0 Å². The number of aromatic nitrogens is 4. The average Bonchev–Trinajstić information content (AvgIpc) is 3.83. The van der Waals surface area contributed by atoms with Crippen LogP contribution in [0.1, 0.15) is 22.3 Å². The molecule has 0 radical (unpaired) electrons. The average molecular weight is 791 g/mol. The molecule has 8 rings (SSSR count). The summed E-state index contributed by atoms with van der Waals surface area (Å²) in [5, 5.41) is 8.16. The van der Waals surface area contributed by atoms with Crippen molar-refractivity contribution in [3.8, 4) is 51.3 Å². The van der Waals surface area contributed by atoms with Crippen LogP contribution in [0.5, 0.6) is 17.4 Å². The second kappa shape index (κ2) is 18.8.